The zero-order valence-corrected chi connectivity index (χ0v) is 17.4. The van der Waals surface area contributed by atoms with Crippen molar-refractivity contribution in [2.45, 2.75) is 90.9 Å². The summed E-state index contributed by atoms with van der Waals surface area (Å²) in [6, 6.07) is 0. The first-order valence-electron chi connectivity index (χ1n) is 11.7. The van der Waals surface area contributed by atoms with Gasteiger partial charge in [0, 0.05) is 0 Å². The van der Waals surface area contributed by atoms with E-state index in [9.17, 15) is 0 Å². The molecule has 26 heavy (non-hydrogen) atoms. The van der Waals surface area contributed by atoms with Crippen LogP contribution in [-0.2, 0) is 0 Å². The first kappa shape index (κ1) is 20.0. The first-order valence-corrected chi connectivity index (χ1v) is 11.7. The normalized spacial score (nSPS) is 39.9. The molecule has 0 aliphatic heterocycles. The van der Waals surface area contributed by atoms with Gasteiger partial charge < -0.3 is 0 Å². The Bertz CT molecular complexity index is 458. The van der Waals surface area contributed by atoms with Gasteiger partial charge in [-0.25, -0.2) is 0 Å². The van der Waals surface area contributed by atoms with Crippen LogP contribution in [0, 0.1) is 35.5 Å². The lowest BCUT2D eigenvalue weighted by molar-refractivity contribution is 0.166. The Morgan fingerprint density at radius 2 is 0.654 bits per heavy atom. The summed E-state index contributed by atoms with van der Waals surface area (Å²) in [6.07, 6.45) is 32.1. The Morgan fingerprint density at radius 3 is 0.962 bits per heavy atom. The SMILES string of the molecule is C/C=C/C1CCC(C=CC2CCC(C3CCC(/C=C/C)CC3)CC2)CC1. The van der Waals surface area contributed by atoms with Crippen LogP contribution in [0.3, 0.4) is 0 Å². The molecular formula is C26H42. The molecule has 0 heterocycles. The van der Waals surface area contributed by atoms with Crippen molar-refractivity contribution < 1.29 is 0 Å². The van der Waals surface area contributed by atoms with E-state index in [4.69, 9.17) is 0 Å². The molecule has 0 nitrogen and oxygen atoms in total. The van der Waals surface area contributed by atoms with Gasteiger partial charge >= 0.3 is 0 Å². The van der Waals surface area contributed by atoms with Crippen molar-refractivity contribution in [3.63, 3.8) is 0 Å². The molecule has 0 bridgehead atoms. The number of rotatable bonds is 5. The maximum Gasteiger partial charge on any atom is -0.0233 e. The topological polar surface area (TPSA) is 0 Å². The molecule has 0 atom stereocenters. The monoisotopic (exact) mass is 354 g/mol. The second kappa shape index (κ2) is 10.5. The Morgan fingerprint density at radius 1 is 0.385 bits per heavy atom. The summed E-state index contributed by atoms with van der Waals surface area (Å²) in [4.78, 5) is 0. The number of allylic oxidation sites excluding steroid dienone is 6. The van der Waals surface area contributed by atoms with Crippen LogP contribution in [0.25, 0.3) is 0 Å². The number of hydrogen-bond acceptors (Lipinski definition) is 0. The van der Waals surface area contributed by atoms with E-state index in [0.717, 1.165) is 35.5 Å². The molecule has 3 rings (SSSR count). The highest BCUT2D eigenvalue weighted by atomic mass is 14.3. The fourth-order valence-corrected chi connectivity index (χ4v) is 6.01. The van der Waals surface area contributed by atoms with Gasteiger partial charge in [-0.1, -0.05) is 36.5 Å². The van der Waals surface area contributed by atoms with Crippen molar-refractivity contribution in [2.75, 3.05) is 0 Å². The molecule has 0 aromatic heterocycles. The molecule has 146 valence electrons. The van der Waals surface area contributed by atoms with E-state index in [0.29, 0.717) is 0 Å². The molecule has 0 unspecified atom stereocenters. The van der Waals surface area contributed by atoms with E-state index >= 15 is 0 Å². The van der Waals surface area contributed by atoms with Gasteiger partial charge in [0.05, 0.1) is 0 Å². The Labute approximate surface area is 163 Å². The van der Waals surface area contributed by atoms with E-state index in [-0.39, 0.29) is 0 Å². The summed E-state index contributed by atoms with van der Waals surface area (Å²) < 4.78 is 0. The quantitative estimate of drug-likeness (QED) is 0.437. The van der Waals surface area contributed by atoms with Crippen LogP contribution in [-0.4, -0.2) is 0 Å². The van der Waals surface area contributed by atoms with Crippen molar-refractivity contribution in [2.24, 2.45) is 35.5 Å². The maximum absolute atomic E-state index is 2.62. The van der Waals surface area contributed by atoms with E-state index in [1.807, 2.05) is 0 Å². The van der Waals surface area contributed by atoms with E-state index in [1.54, 1.807) is 0 Å². The molecule has 0 saturated heterocycles. The van der Waals surface area contributed by atoms with Gasteiger partial charge in [-0.3, -0.25) is 0 Å². The highest BCUT2D eigenvalue weighted by Gasteiger charge is 2.29. The van der Waals surface area contributed by atoms with Gasteiger partial charge in [0.15, 0.2) is 0 Å². The summed E-state index contributed by atoms with van der Waals surface area (Å²) in [5.74, 6) is 5.60. The fourth-order valence-electron chi connectivity index (χ4n) is 6.01. The third kappa shape index (κ3) is 5.86. The molecule has 0 amide bonds. The summed E-state index contributed by atoms with van der Waals surface area (Å²) in [6.45, 7) is 4.34. The summed E-state index contributed by atoms with van der Waals surface area (Å²) in [5.41, 5.74) is 0. The highest BCUT2D eigenvalue weighted by Crippen LogP contribution is 2.42. The highest BCUT2D eigenvalue weighted by molar-refractivity contribution is 4.99. The second-order valence-corrected chi connectivity index (χ2v) is 9.46. The molecule has 0 radical (unpaired) electrons. The van der Waals surface area contributed by atoms with Gasteiger partial charge in [-0.2, -0.15) is 0 Å². The first-order chi connectivity index (χ1) is 12.8. The predicted octanol–water partition coefficient (Wildman–Crippen LogP) is 8.11. The zero-order chi connectivity index (χ0) is 18.2. The molecule has 3 aliphatic rings. The molecule has 3 saturated carbocycles. The summed E-state index contributed by atoms with van der Waals surface area (Å²) in [5, 5.41) is 0. The lowest BCUT2D eigenvalue weighted by Gasteiger charge is -2.37. The molecular weight excluding hydrogens is 312 g/mol. The van der Waals surface area contributed by atoms with Crippen LogP contribution in [0.2, 0.25) is 0 Å². The third-order valence-electron chi connectivity index (χ3n) is 7.70. The van der Waals surface area contributed by atoms with E-state index in [2.05, 4.69) is 50.3 Å². The minimum absolute atomic E-state index is 0.864. The van der Waals surface area contributed by atoms with Crippen LogP contribution in [0.4, 0.5) is 0 Å². The van der Waals surface area contributed by atoms with E-state index < -0.39 is 0 Å². The van der Waals surface area contributed by atoms with Crippen molar-refractivity contribution in [1.82, 2.24) is 0 Å². The number of hydrogen-bond donors (Lipinski definition) is 0. The molecule has 3 aliphatic carbocycles. The third-order valence-corrected chi connectivity index (χ3v) is 7.70. The van der Waals surface area contributed by atoms with Gasteiger partial charge in [0.2, 0.25) is 0 Å². The summed E-state index contributed by atoms with van der Waals surface area (Å²) in [7, 11) is 0. The van der Waals surface area contributed by atoms with Gasteiger partial charge in [0.1, 0.15) is 0 Å². The summed E-state index contributed by atoms with van der Waals surface area (Å²) >= 11 is 0. The van der Waals surface area contributed by atoms with Crippen LogP contribution >= 0.6 is 0 Å². The molecule has 3 fully saturated rings. The zero-order valence-electron chi connectivity index (χ0n) is 17.4. The van der Waals surface area contributed by atoms with Gasteiger partial charge in [0.25, 0.3) is 0 Å². The van der Waals surface area contributed by atoms with Crippen LogP contribution in [0.5, 0.6) is 0 Å². The van der Waals surface area contributed by atoms with Crippen molar-refractivity contribution >= 4 is 0 Å². The van der Waals surface area contributed by atoms with Crippen LogP contribution < -0.4 is 0 Å². The van der Waals surface area contributed by atoms with Crippen molar-refractivity contribution in [1.29, 1.82) is 0 Å². The van der Waals surface area contributed by atoms with Crippen LogP contribution in [0.1, 0.15) is 90.9 Å². The lowest BCUT2D eigenvalue weighted by atomic mass is 9.69. The maximum atomic E-state index is 2.62. The minimum Gasteiger partial charge on any atom is -0.0914 e. The average molecular weight is 355 g/mol. The Balaban J connectivity index is 1.35. The van der Waals surface area contributed by atoms with Gasteiger partial charge in [-0.05, 0) is 126 Å². The Kier molecular flexibility index (Phi) is 8.08. The smallest absolute Gasteiger partial charge is 0.0233 e. The predicted molar refractivity (Wildman–Crippen MR) is 115 cm³/mol. The van der Waals surface area contributed by atoms with Crippen molar-refractivity contribution in [3.05, 3.63) is 36.5 Å². The largest absolute Gasteiger partial charge is 0.0914 e. The van der Waals surface area contributed by atoms with Crippen molar-refractivity contribution in [3.8, 4) is 0 Å². The molecule has 0 spiro atoms. The second-order valence-electron chi connectivity index (χ2n) is 9.46. The molecule has 0 heteroatoms. The molecule has 0 aromatic carbocycles. The van der Waals surface area contributed by atoms with Crippen LogP contribution in [0.15, 0.2) is 36.5 Å². The molecule has 0 N–H and O–H groups in total. The molecule has 0 aromatic rings. The lowest BCUT2D eigenvalue weighted by Crippen LogP contribution is -2.25. The van der Waals surface area contributed by atoms with E-state index in [1.165, 1.54) is 77.0 Å². The fraction of sp³-hybridized carbons (Fsp3) is 0.769. The van der Waals surface area contributed by atoms with Gasteiger partial charge in [-0.15, -0.1) is 0 Å². The average Bonchev–Trinajstić information content (AvgIpc) is 2.69. The standard InChI is InChI=1S/C26H42/c1-3-5-21-7-9-23(10-8-21)11-12-24-15-19-26(20-16-24)25-17-13-22(6-4-2)14-18-25/h3-6,11-12,21-26H,7-10,13-20H2,1-2H3/b5-3+,6-4+,12-11?. The minimum atomic E-state index is 0.864. The Hall–Kier alpha value is -0.780.